The maximum atomic E-state index is 12.0. The zero-order valence-electron chi connectivity index (χ0n) is 15.3. The Hall–Kier alpha value is -1.90. The van der Waals surface area contributed by atoms with Crippen LogP contribution in [0.5, 0.6) is 0 Å². The molecule has 2 rings (SSSR count). The van der Waals surface area contributed by atoms with Crippen molar-refractivity contribution >= 4 is 27.3 Å². The molecule has 6 nitrogen and oxygen atoms in total. The Labute approximate surface area is 159 Å². The highest BCUT2D eigenvalue weighted by Crippen LogP contribution is 2.15. The molecule has 8 heteroatoms. The van der Waals surface area contributed by atoms with Gasteiger partial charge in [-0.2, -0.15) is 0 Å². The van der Waals surface area contributed by atoms with Crippen molar-refractivity contribution in [3.63, 3.8) is 0 Å². The van der Waals surface area contributed by atoms with Gasteiger partial charge in [0.1, 0.15) is 4.21 Å². The van der Waals surface area contributed by atoms with Crippen LogP contribution in [0.25, 0.3) is 0 Å². The highest BCUT2D eigenvalue weighted by atomic mass is 32.2. The van der Waals surface area contributed by atoms with Crippen molar-refractivity contribution in [3.05, 3.63) is 52.9 Å². The van der Waals surface area contributed by atoms with Gasteiger partial charge in [-0.25, -0.2) is 13.1 Å². The number of nitrogens with zero attached hydrogens (tertiary/aromatic N) is 1. The fourth-order valence-corrected chi connectivity index (χ4v) is 4.49. The topological polar surface area (TPSA) is 82.6 Å². The van der Waals surface area contributed by atoms with Crippen molar-refractivity contribution in [2.24, 2.45) is 4.99 Å². The number of thiophene rings is 1. The molecule has 142 valence electrons. The number of aliphatic imine (C=N–C) groups is 1. The summed E-state index contributed by atoms with van der Waals surface area (Å²) in [5, 5.41) is 8.14. The number of hydrogen-bond acceptors (Lipinski definition) is 4. The van der Waals surface area contributed by atoms with E-state index in [1.807, 2.05) is 0 Å². The molecule has 1 atom stereocenters. The van der Waals surface area contributed by atoms with Gasteiger partial charge in [-0.1, -0.05) is 42.8 Å². The molecular weight excluding hydrogens is 368 g/mol. The molecule has 0 aliphatic rings. The van der Waals surface area contributed by atoms with E-state index in [9.17, 15) is 8.42 Å². The number of aryl methyl sites for hydroxylation is 1. The summed E-state index contributed by atoms with van der Waals surface area (Å²) in [6, 6.07) is 11.8. The van der Waals surface area contributed by atoms with Crippen molar-refractivity contribution in [2.45, 2.75) is 24.0 Å². The monoisotopic (exact) mass is 394 g/mol. The predicted octanol–water partition coefficient (Wildman–Crippen LogP) is 2.30. The van der Waals surface area contributed by atoms with Gasteiger partial charge in [0.25, 0.3) is 0 Å². The molecule has 2 aromatic rings. The van der Waals surface area contributed by atoms with Gasteiger partial charge < -0.3 is 10.6 Å². The average Bonchev–Trinajstić information content (AvgIpc) is 3.16. The van der Waals surface area contributed by atoms with Gasteiger partial charge in [0, 0.05) is 26.7 Å². The second kappa shape index (κ2) is 9.70. The third-order valence-corrected chi connectivity index (χ3v) is 6.74. The lowest BCUT2D eigenvalue weighted by Crippen LogP contribution is -2.42. The van der Waals surface area contributed by atoms with Crippen molar-refractivity contribution in [3.8, 4) is 0 Å². The highest BCUT2D eigenvalue weighted by molar-refractivity contribution is 7.91. The molecule has 1 heterocycles. The maximum Gasteiger partial charge on any atom is 0.250 e. The van der Waals surface area contributed by atoms with Crippen LogP contribution in [-0.4, -0.2) is 41.1 Å². The minimum atomic E-state index is -3.42. The lowest BCUT2D eigenvalue weighted by molar-refractivity contribution is 0.582. The van der Waals surface area contributed by atoms with Crippen LogP contribution in [-0.2, 0) is 10.0 Å². The van der Waals surface area contributed by atoms with E-state index in [4.69, 9.17) is 0 Å². The molecule has 1 unspecified atom stereocenters. The number of benzene rings is 1. The summed E-state index contributed by atoms with van der Waals surface area (Å²) in [6.45, 7) is 5.72. The van der Waals surface area contributed by atoms with Gasteiger partial charge in [-0.15, -0.1) is 11.3 Å². The Morgan fingerprint density at radius 3 is 2.65 bits per heavy atom. The van der Waals surface area contributed by atoms with Crippen LogP contribution >= 0.6 is 11.3 Å². The van der Waals surface area contributed by atoms with Gasteiger partial charge in [0.15, 0.2) is 5.96 Å². The summed E-state index contributed by atoms with van der Waals surface area (Å²) in [4.78, 5) is 4.17. The first-order valence-corrected chi connectivity index (χ1v) is 10.8. The number of hydrogen-bond donors (Lipinski definition) is 3. The number of guanidine groups is 1. The molecule has 0 spiro atoms. The molecule has 26 heavy (non-hydrogen) atoms. The summed E-state index contributed by atoms with van der Waals surface area (Å²) in [5.41, 5.74) is 2.52. The number of sulfonamides is 1. The first-order chi connectivity index (χ1) is 12.4. The summed E-state index contributed by atoms with van der Waals surface area (Å²) in [7, 11) is -1.72. The zero-order valence-corrected chi connectivity index (χ0v) is 17.0. The highest BCUT2D eigenvalue weighted by Gasteiger charge is 2.14. The Balaban J connectivity index is 1.74. The summed E-state index contributed by atoms with van der Waals surface area (Å²) in [5.74, 6) is 0.991. The van der Waals surface area contributed by atoms with Gasteiger partial charge >= 0.3 is 0 Å². The van der Waals surface area contributed by atoms with Crippen LogP contribution in [0.3, 0.4) is 0 Å². The molecule has 0 aliphatic carbocycles. The SMILES string of the molecule is CN=C(NCCNS(=O)(=O)c1cccs1)NCC(C)c1cccc(C)c1. The second-order valence-electron chi connectivity index (χ2n) is 6.02. The van der Waals surface area contributed by atoms with Gasteiger partial charge in [-0.05, 0) is 29.9 Å². The largest absolute Gasteiger partial charge is 0.356 e. The van der Waals surface area contributed by atoms with Crippen LogP contribution in [0, 0.1) is 6.92 Å². The van der Waals surface area contributed by atoms with E-state index in [0.29, 0.717) is 22.6 Å². The molecule has 0 saturated heterocycles. The first kappa shape index (κ1) is 20.4. The minimum absolute atomic E-state index is 0.286. The van der Waals surface area contributed by atoms with Crippen molar-refractivity contribution in [1.82, 2.24) is 15.4 Å². The quantitative estimate of drug-likeness (QED) is 0.364. The normalized spacial score (nSPS) is 13.4. The molecule has 0 bridgehead atoms. The fraction of sp³-hybridized carbons (Fsp3) is 0.389. The van der Waals surface area contributed by atoms with Crippen LogP contribution in [0.15, 0.2) is 51.0 Å². The van der Waals surface area contributed by atoms with Crippen molar-refractivity contribution in [1.29, 1.82) is 0 Å². The van der Waals surface area contributed by atoms with E-state index in [0.717, 1.165) is 6.54 Å². The Morgan fingerprint density at radius 2 is 2.00 bits per heavy atom. The van der Waals surface area contributed by atoms with Gasteiger partial charge in [0.2, 0.25) is 10.0 Å². The molecular formula is C18H26N4O2S2. The van der Waals surface area contributed by atoms with Gasteiger partial charge in [0.05, 0.1) is 0 Å². The third kappa shape index (κ3) is 6.12. The molecule has 0 radical (unpaired) electrons. The third-order valence-electron chi connectivity index (χ3n) is 3.88. The Kier molecular flexibility index (Phi) is 7.62. The van der Waals surface area contributed by atoms with Gasteiger partial charge in [-0.3, -0.25) is 4.99 Å². The Bertz CT molecular complexity index is 817. The molecule has 0 aliphatic heterocycles. The van der Waals surface area contributed by atoms with Crippen molar-refractivity contribution < 1.29 is 8.42 Å². The first-order valence-electron chi connectivity index (χ1n) is 8.46. The lowest BCUT2D eigenvalue weighted by atomic mass is 9.99. The van der Waals surface area contributed by atoms with Crippen LogP contribution in [0.4, 0.5) is 0 Å². The smallest absolute Gasteiger partial charge is 0.250 e. The summed E-state index contributed by atoms with van der Waals surface area (Å²) in [6.07, 6.45) is 0. The van der Waals surface area contributed by atoms with E-state index < -0.39 is 10.0 Å². The minimum Gasteiger partial charge on any atom is -0.356 e. The molecule has 1 aromatic carbocycles. The maximum absolute atomic E-state index is 12.0. The lowest BCUT2D eigenvalue weighted by Gasteiger charge is -2.17. The van der Waals surface area contributed by atoms with E-state index in [1.54, 1.807) is 24.6 Å². The molecule has 3 N–H and O–H groups in total. The van der Waals surface area contributed by atoms with Crippen LogP contribution in [0.2, 0.25) is 0 Å². The average molecular weight is 395 g/mol. The number of nitrogens with one attached hydrogen (secondary N) is 3. The van der Waals surface area contributed by atoms with Crippen molar-refractivity contribution in [2.75, 3.05) is 26.7 Å². The fourth-order valence-electron chi connectivity index (χ4n) is 2.42. The zero-order chi connectivity index (χ0) is 19.0. The summed E-state index contributed by atoms with van der Waals surface area (Å²) < 4.78 is 27.0. The van der Waals surface area contributed by atoms with Crippen LogP contribution in [0.1, 0.15) is 24.0 Å². The molecule has 1 aromatic heterocycles. The van der Waals surface area contributed by atoms with E-state index in [2.05, 4.69) is 58.5 Å². The second-order valence-corrected chi connectivity index (χ2v) is 8.97. The molecule has 0 saturated carbocycles. The van der Waals surface area contributed by atoms with E-state index in [-0.39, 0.29) is 6.54 Å². The summed E-state index contributed by atoms with van der Waals surface area (Å²) >= 11 is 1.20. The number of rotatable bonds is 8. The molecule has 0 fully saturated rings. The van der Waals surface area contributed by atoms with E-state index >= 15 is 0 Å². The Morgan fingerprint density at radius 1 is 1.19 bits per heavy atom. The van der Waals surface area contributed by atoms with Crippen LogP contribution < -0.4 is 15.4 Å². The van der Waals surface area contributed by atoms with E-state index in [1.165, 1.54) is 22.5 Å². The predicted molar refractivity (Wildman–Crippen MR) is 108 cm³/mol. The standard InChI is InChI=1S/C18H26N4O2S2/c1-14-6-4-7-16(12-14)15(2)13-21-18(19-3)20-9-10-22-26(23,24)17-8-5-11-25-17/h4-8,11-12,15,22H,9-10,13H2,1-3H3,(H2,19,20,21). The molecule has 0 amide bonds.